The Labute approximate surface area is 152 Å². The monoisotopic (exact) mass is 358 g/mol. The smallest absolute Gasteiger partial charge is 0.260 e. The predicted octanol–water partition coefficient (Wildman–Crippen LogP) is 2.92. The molecule has 0 aliphatic carbocycles. The summed E-state index contributed by atoms with van der Waals surface area (Å²) in [4.78, 5) is 19.6. The summed E-state index contributed by atoms with van der Waals surface area (Å²) in [7, 11) is 0. The lowest BCUT2D eigenvalue weighted by atomic mass is 10.1. The van der Waals surface area contributed by atoms with Gasteiger partial charge in [-0.2, -0.15) is 0 Å². The van der Waals surface area contributed by atoms with Crippen LogP contribution in [-0.2, 0) is 16.2 Å². The summed E-state index contributed by atoms with van der Waals surface area (Å²) in [5.74, 6) is 0.320. The van der Waals surface area contributed by atoms with Gasteiger partial charge in [0.15, 0.2) is 0 Å². The summed E-state index contributed by atoms with van der Waals surface area (Å²) in [5.41, 5.74) is 3.09. The summed E-state index contributed by atoms with van der Waals surface area (Å²) >= 11 is 0. The summed E-state index contributed by atoms with van der Waals surface area (Å²) in [6.07, 6.45) is 1.65. The van der Waals surface area contributed by atoms with Gasteiger partial charge in [0.25, 0.3) is 5.91 Å². The number of nitrogens with one attached hydrogen (secondary N) is 1. The van der Waals surface area contributed by atoms with E-state index in [1.807, 2.05) is 35.2 Å². The molecule has 1 saturated heterocycles. The number of hydroxylamine groups is 1. The highest BCUT2D eigenvalue weighted by Gasteiger charge is 2.31. The molecule has 0 aromatic heterocycles. The lowest BCUT2D eigenvalue weighted by Gasteiger charge is -2.23. The molecule has 0 bridgehead atoms. The van der Waals surface area contributed by atoms with Gasteiger partial charge in [-0.25, -0.2) is 9.87 Å². The van der Waals surface area contributed by atoms with Crippen molar-refractivity contribution in [1.29, 1.82) is 0 Å². The molecule has 2 aromatic carbocycles. The second-order valence-electron chi connectivity index (χ2n) is 6.20. The third-order valence-electron chi connectivity index (χ3n) is 4.37. The molecule has 2 aromatic rings. The molecule has 0 spiro atoms. The number of carbonyl (C=O) groups is 1. The molecule has 1 atom stereocenters. The Hall–Kier alpha value is -2.44. The molecule has 1 unspecified atom stereocenters. The van der Waals surface area contributed by atoms with Crippen LogP contribution in [0.3, 0.4) is 0 Å². The summed E-state index contributed by atoms with van der Waals surface area (Å²) in [6.45, 7) is 1.78. The number of halogens is 1. The average Bonchev–Trinajstić information content (AvgIpc) is 3.12. The van der Waals surface area contributed by atoms with Gasteiger partial charge in [0.05, 0.1) is 6.04 Å². The number of likely N-dealkylation sites (tertiary alicyclic amines) is 1. The third-order valence-corrected chi connectivity index (χ3v) is 4.37. The van der Waals surface area contributed by atoms with E-state index < -0.39 is 0 Å². The van der Waals surface area contributed by atoms with Gasteiger partial charge in [-0.1, -0.05) is 36.4 Å². The van der Waals surface area contributed by atoms with Crippen LogP contribution in [-0.4, -0.2) is 36.6 Å². The number of hydrogen-bond donors (Lipinski definition) is 1. The van der Waals surface area contributed by atoms with Gasteiger partial charge in [-0.15, -0.1) is 0 Å². The molecule has 5 nitrogen and oxygen atoms in total. The molecule has 138 valence electrons. The predicted molar refractivity (Wildman–Crippen MR) is 95.9 cm³/mol. The van der Waals surface area contributed by atoms with E-state index in [4.69, 9.17) is 9.57 Å². The van der Waals surface area contributed by atoms with Gasteiger partial charge in [0.1, 0.15) is 24.8 Å². The number of amides is 1. The van der Waals surface area contributed by atoms with Crippen molar-refractivity contribution < 1.29 is 18.8 Å². The van der Waals surface area contributed by atoms with Crippen LogP contribution >= 0.6 is 0 Å². The fraction of sp³-hybridized carbons (Fsp3) is 0.350. The Balaban J connectivity index is 1.41. The summed E-state index contributed by atoms with van der Waals surface area (Å²) in [6, 6.07) is 15.8. The first-order chi connectivity index (χ1) is 12.7. The van der Waals surface area contributed by atoms with Gasteiger partial charge >= 0.3 is 0 Å². The molecular weight excluding hydrogens is 335 g/mol. The molecule has 6 heteroatoms. The normalized spacial score (nSPS) is 17.2. The van der Waals surface area contributed by atoms with Crippen molar-refractivity contribution in [2.75, 3.05) is 19.8 Å². The Morgan fingerprint density at radius 3 is 2.69 bits per heavy atom. The highest BCUT2D eigenvalue weighted by molar-refractivity contribution is 5.81. The van der Waals surface area contributed by atoms with Crippen LogP contribution in [0.2, 0.25) is 0 Å². The molecule has 26 heavy (non-hydrogen) atoms. The summed E-state index contributed by atoms with van der Waals surface area (Å²) in [5, 5.41) is 0. The van der Waals surface area contributed by atoms with Crippen LogP contribution in [0.5, 0.6) is 5.75 Å². The van der Waals surface area contributed by atoms with E-state index in [0.717, 1.165) is 25.1 Å². The molecule has 1 N–H and O–H groups in total. The van der Waals surface area contributed by atoms with Crippen molar-refractivity contribution in [3.63, 3.8) is 0 Å². The highest BCUT2D eigenvalue weighted by Crippen LogP contribution is 2.21. The fourth-order valence-electron chi connectivity index (χ4n) is 3.07. The van der Waals surface area contributed by atoms with Crippen molar-refractivity contribution >= 4 is 5.91 Å². The molecule has 0 saturated carbocycles. The molecule has 1 fully saturated rings. The molecule has 1 heterocycles. The van der Waals surface area contributed by atoms with Crippen LogP contribution in [0.4, 0.5) is 4.39 Å². The Kier molecular flexibility index (Phi) is 6.57. The van der Waals surface area contributed by atoms with Crippen molar-refractivity contribution in [3.05, 3.63) is 66.0 Å². The van der Waals surface area contributed by atoms with E-state index in [9.17, 15) is 9.18 Å². The zero-order chi connectivity index (χ0) is 18.2. The van der Waals surface area contributed by atoms with Crippen LogP contribution in [0.25, 0.3) is 0 Å². The fourth-order valence-corrected chi connectivity index (χ4v) is 3.07. The van der Waals surface area contributed by atoms with Gasteiger partial charge in [-0.05, 0) is 37.6 Å². The van der Waals surface area contributed by atoms with Crippen molar-refractivity contribution in [2.24, 2.45) is 0 Å². The largest absolute Gasteiger partial charge is 0.491 e. The maximum atomic E-state index is 13.8. The third kappa shape index (κ3) is 5.03. The molecular formula is C20H23FN2O3. The number of hydrogen-bond acceptors (Lipinski definition) is 4. The molecule has 3 rings (SSSR count). The minimum absolute atomic E-state index is 0.196. The Morgan fingerprint density at radius 2 is 1.88 bits per heavy atom. The van der Waals surface area contributed by atoms with E-state index in [-0.39, 0.29) is 24.4 Å². The minimum Gasteiger partial charge on any atom is -0.491 e. The number of carbonyl (C=O) groups excluding carboxylic acids is 1. The molecule has 0 radical (unpaired) electrons. The van der Waals surface area contributed by atoms with Crippen LogP contribution in [0.15, 0.2) is 54.6 Å². The van der Waals surface area contributed by atoms with E-state index in [1.165, 1.54) is 6.07 Å². The maximum Gasteiger partial charge on any atom is 0.260 e. The SMILES string of the molecule is O=C(NOCCOc1ccccc1)C1CCCN1Cc1ccccc1F. The first-order valence-corrected chi connectivity index (χ1v) is 8.81. The molecule has 1 aliphatic rings. The zero-order valence-electron chi connectivity index (χ0n) is 14.6. The van der Waals surface area contributed by atoms with Crippen molar-refractivity contribution in [2.45, 2.75) is 25.4 Å². The zero-order valence-corrected chi connectivity index (χ0v) is 14.6. The number of ether oxygens (including phenoxy) is 1. The second-order valence-corrected chi connectivity index (χ2v) is 6.20. The number of nitrogens with zero attached hydrogens (tertiary/aromatic N) is 1. The number of benzene rings is 2. The van der Waals surface area contributed by atoms with Gasteiger partial charge < -0.3 is 4.74 Å². The summed E-state index contributed by atoms with van der Waals surface area (Å²) < 4.78 is 19.3. The van der Waals surface area contributed by atoms with E-state index in [0.29, 0.717) is 18.7 Å². The quantitative estimate of drug-likeness (QED) is 0.582. The van der Waals surface area contributed by atoms with Gasteiger partial charge in [-0.3, -0.25) is 14.5 Å². The van der Waals surface area contributed by atoms with Crippen LogP contribution in [0.1, 0.15) is 18.4 Å². The molecule has 1 aliphatic heterocycles. The standard InChI is InChI=1S/C20H23FN2O3/c21-18-10-5-4-7-16(18)15-23-12-6-11-19(23)20(24)22-26-14-13-25-17-8-2-1-3-9-17/h1-5,7-10,19H,6,11-15H2,(H,22,24). The number of rotatable bonds is 8. The van der Waals surface area contributed by atoms with Gasteiger partial charge in [0.2, 0.25) is 0 Å². The lowest BCUT2D eigenvalue weighted by molar-refractivity contribution is -0.139. The second kappa shape index (κ2) is 9.31. The van der Waals surface area contributed by atoms with E-state index in [2.05, 4.69) is 5.48 Å². The van der Waals surface area contributed by atoms with E-state index >= 15 is 0 Å². The topological polar surface area (TPSA) is 50.8 Å². The van der Waals surface area contributed by atoms with E-state index in [1.54, 1.807) is 18.2 Å². The Bertz CT molecular complexity index is 711. The first kappa shape index (κ1) is 18.4. The van der Waals surface area contributed by atoms with Crippen molar-refractivity contribution in [1.82, 2.24) is 10.4 Å². The lowest BCUT2D eigenvalue weighted by Crippen LogP contribution is -2.43. The maximum absolute atomic E-state index is 13.8. The number of para-hydroxylation sites is 1. The molecule has 1 amide bonds. The van der Waals surface area contributed by atoms with Crippen LogP contribution < -0.4 is 10.2 Å². The van der Waals surface area contributed by atoms with Crippen LogP contribution in [0, 0.1) is 5.82 Å². The minimum atomic E-state index is -0.301. The first-order valence-electron chi connectivity index (χ1n) is 8.81. The average molecular weight is 358 g/mol. The highest BCUT2D eigenvalue weighted by atomic mass is 19.1. The Morgan fingerprint density at radius 1 is 1.12 bits per heavy atom. The van der Waals surface area contributed by atoms with Crippen molar-refractivity contribution in [3.8, 4) is 5.75 Å². The van der Waals surface area contributed by atoms with Gasteiger partial charge in [0, 0.05) is 12.1 Å².